The molecule has 2 aliphatic rings. The molecule has 0 amide bonds. The number of nitrogens with one attached hydrogen (secondary N) is 2. The van der Waals surface area contributed by atoms with E-state index in [1.807, 2.05) is 7.05 Å². The second kappa shape index (κ2) is 9.78. The Kier molecular flexibility index (Phi) is 7.14. The van der Waals surface area contributed by atoms with Crippen molar-refractivity contribution in [3.05, 3.63) is 30.3 Å². The molecule has 0 radical (unpaired) electrons. The summed E-state index contributed by atoms with van der Waals surface area (Å²) in [5.41, 5.74) is 1.33. The number of piperazine rings is 1. The van der Waals surface area contributed by atoms with Crippen molar-refractivity contribution in [2.75, 3.05) is 57.8 Å². The van der Waals surface area contributed by atoms with Crippen molar-refractivity contribution in [1.82, 2.24) is 15.5 Å². The molecule has 0 aliphatic carbocycles. The largest absolute Gasteiger partial charge is 0.376 e. The summed E-state index contributed by atoms with van der Waals surface area (Å²) in [6.07, 6.45) is 2.65. The highest BCUT2D eigenvalue weighted by molar-refractivity contribution is 5.79. The van der Waals surface area contributed by atoms with Gasteiger partial charge in [0.05, 0.1) is 6.10 Å². The summed E-state index contributed by atoms with van der Waals surface area (Å²) in [5, 5.41) is 6.85. The van der Waals surface area contributed by atoms with Gasteiger partial charge in [-0.1, -0.05) is 18.2 Å². The van der Waals surface area contributed by atoms with Gasteiger partial charge in [-0.25, -0.2) is 0 Å². The fraction of sp³-hybridized carbons (Fsp3) is 0.650. The molecule has 2 saturated heterocycles. The lowest BCUT2D eigenvalue weighted by Gasteiger charge is -2.39. The van der Waals surface area contributed by atoms with Gasteiger partial charge in [-0.2, -0.15) is 0 Å². The number of guanidine groups is 1. The zero-order valence-electron chi connectivity index (χ0n) is 16.2. The van der Waals surface area contributed by atoms with Crippen LogP contribution < -0.4 is 15.5 Å². The lowest BCUT2D eigenvalue weighted by molar-refractivity contribution is 0.113. The predicted octanol–water partition coefficient (Wildman–Crippen LogP) is 1.54. The molecule has 2 aliphatic heterocycles. The lowest BCUT2D eigenvalue weighted by atomic mass is 10.2. The summed E-state index contributed by atoms with van der Waals surface area (Å²) < 4.78 is 5.66. The van der Waals surface area contributed by atoms with Gasteiger partial charge >= 0.3 is 0 Å². The Labute approximate surface area is 157 Å². The average molecular weight is 360 g/mol. The van der Waals surface area contributed by atoms with Crippen molar-refractivity contribution in [1.29, 1.82) is 0 Å². The van der Waals surface area contributed by atoms with E-state index >= 15 is 0 Å². The second-order valence-corrected chi connectivity index (χ2v) is 7.18. The molecular formula is C20H33N5O. The van der Waals surface area contributed by atoms with Crippen LogP contribution in [0.25, 0.3) is 0 Å². The highest BCUT2D eigenvalue weighted by Crippen LogP contribution is 2.16. The zero-order valence-corrected chi connectivity index (χ0v) is 16.2. The summed E-state index contributed by atoms with van der Waals surface area (Å²) in [5.74, 6) is 0.871. The molecule has 2 unspecified atom stereocenters. The number of aliphatic imine (C=N–C) groups is 1. The van der Waals surface area contributed by atoms with Crippen LogP contribution in [0.15, 0.2) is 35.3 Å². The number of benzene rings is 1. The highest BCUT2D eigenvalue weighted by atomic mass is 16.5. The van der Waals surface area contributed by atoms with Crippen LogP contribution >= 0.6 is 0 Å². The maximum Gasteiger partial charge on any atom is 0.191 e. The fourth-order valence-corrected chi connectivity index (χ4v) is 3.67. The first-order valence-corrected chi connectivity index (χ1v) is 9.86. The van der Waals surface area contributed by atoms with E-state index in [0.29, 0.717) is 12.1 Å². The molecule has 2 N–H and O–H groups in total. The molecule has 0 bridgehead atoms. The fourth-order valence-electron chi connectivity index (χ4n) is 3.67. The molecule has 3 rings (SSSR count). The molecule has 2 fully saturated rings. The van der Waals surface area contributed by atoms with Crippen LogP contribution in [0.1, 0.15) is 19.8 Å². The van der Waals surface area contributed by atoms with Crippen LogP contribution in [0.5, 0.6) is 0 Å². The van der Waals surface area contributed by atoms with Crippen molar-refractivity contribution in [3.8, 4) is 0 Å². The Morgan fingerprint density at radius 2 is 1.96 bits per heavy atom. The number of hydrogen-bond donors (Lipinski definition) is 2. The van der Waals surface area contributed by atoms with E-state index in [-0.39, 0.29) is 0 Å². The average Bonchev–Trinajstić information content (AvgIpc) is 3.22. The minimum atomic E-state index is 0.331. The molecule has 0 spiro atoms. The first-order chi connectivity index (χ1) is 12.8. The normalized spacial score (nSPS) is 23.1. The minimum absolute atomic E-state index is 0.331. The standard InChI is InChI=1S/C20H33N5O/c1-17(15-22-20(21-2)23-16-19-9-6-14-26-19)24-10-12-25(13-11-24)18-7-4-3-5-8-18/h3-5,7-8,17,19H,6,9-16H2,1-2H3,(H2,21,22,23). The first-order valence-electron chi connectivity index (χ1n) is 9.86. The van der Waals surface area contributed by atoms with E-state index in [0.717, 1.165) is 58.3 Å². The third-order valence-corrected chi connectivity index (χ3v) is 5.37. The lowest BCUT2D eigenvalue weighted by Crippen LogP contribution is -2.53. The third kappa shape index (κ3) is 5.35. The number of rotatable bonds is 6. The Balaban J connectivity index is 1.37. The van der Waals surface area contributed by atoms with Gasteiger partial charge in [0.1, 0.15) is 0 Å². The number of hydrogen-bond acceptors (Lipinski definition) is 4. The molecule has 6 nitrogen and oxygen atoms in total. The summed E-state index contributed by atoms with van der Waals surface area (Å²) in [6.45, 7) is 9.28. The number of para-hydroxylation sites is 1. The van der Waals surface area contributed by atoms with Gasteiger partial charge in [-0.3, -0.25) is 9.89 Å². The zero-order chi connectivity index (χ0) is 18.2. The first kappa shape index (κ1) is 19.0. The van der Waals surface area contributed by atoms with Crippen LogP contribution in [0.4, 0.5) is 5.69 Å². The maximum absolute atomic E-state index is 5.66. The van der Waals surface area contributed by atoms with Crippen LogP contribution in [-0.2, 0) is 4.74 Å². The van der Waals surface area contributed by atoms with E-state index in [9.17, 15) is 0 Å². The van der Waals surface area contributed by atoms with Crippen LogP contribution in [0.2, 0.25) is 0 Å². The monoisotopic (exact) mass is 359 g/mol. The number of ether oxygens (including phenoxy) is 1. The molecule has 6 heteroatoms. The van der Waals surface area contributed by atoms with E-state index in [2.05, 4.69) is 62.7 Å². The SMILES string of the molecule is CN=C(NCC1CCCO1)NCC(C)N1CCN(c2ccccc2)CC1. The summed E-state index contributed by atoms with van der Waals surface area (Å²) in [6, 6.07) is 11.2. The van der Waals surface area contributed by atoms with E-state index in [1.165, 1.54) is 12.1 Å². The topological polar surface area (TPSA) is 52.1 Å². The van der Waals surface area contributed by atoms with Gasteiger partial charge in [0, 0.05) is 64.7 Å². The maximum atomic E-state index is 5.66. The minimum Gasteiger partial charge on any atom is -0.376 e. The smallest absolute Gasteiger partial charge is 0.191 e. The van der Waals surface area contributed by atoms with E-state index < -0.39 is 0 Å². The predicted molar refractivity (Wildman–Crippen MR) is 108 cm³/mol. The molecule has 0 aromatic heterocycles. The number of anilines is 1. The van der Waals surface area contributed by atoms with Crippen molar-refractivity contribution >= 4 is 11.6 Å². The number of nitrogens with zero attached hydrogens (tertiary/aromatic N) is 3. The van der Waals surface area contributed by atoms with Gasteiger partial charge < -0.3 is 20.3 Å². The molecule has 0 saturated carbocycles. The van der Waals surface area contributed by atoms with Crippen molar-refractivity contribution < 1.29 is 4.74 Å². The molecule has 26 heavy (non-hydrogen) atoms. The molecule has 1 aromatic carbocycles. The summed E-state index contributed by atoms with van der Waals surface area (Å²) in [7, 11) is 1.83. The third-order valence-electron chi connectivity index (χ3n) is 5.37. The molecule has 2 atom stereocenters. The molecule has 2 heterocycles. The van der Waals surface area contributed by atoms with E-state index in [4.69, 9.17) is 4.74 Å². The van der Waals surface area contributed by atoms with Gasteiger partial charge in [0.2, 0.25) is 0 Å². The van der Waals surface area contributed by atoms with Crippen LogP contribution in [0, 0.1) is 0 Å². The van der Waals surface area contributed by atoms with Gasteiger partial charge in [-0.05, 0) is 31.9 Å². The van der Waals surface area contributed by atoms with Crippen molar-refractivity contribution in [3.63, 3.8) is 0 Å². The van der Waals surface area contributed by atoms with E-state index in [1.54, 1.807) is 0 Å². The van der Waals surface area contributed by atoms with Crippen molar-refractivity contribution in [2.45, 2.75) is 31.9 Å². The van der Waals surface area contributed by atoms with Crippen molar-refractivity contribution in [2.24, 2.45) is 4.99 Å². The molecule has 1 aromatic rings. The quantitative estimate of drug-likeness (QED) is 0.596. The Bertz CT molecular complexity index is 551. The van der Waals surface area contributed by atoms with Gasteiger partial charge in [-0.15, -0.1) is 0 Å². The summed E-state index contributed by atoms with van der Waals surface area (Å²) >= 11 is 0. The molecule has 144 valence electrons. The Morgan fingerprint density at radius 1 is 1.19 bits per heavy atom. The van der Waals surface area contributed by atoms with Crippen LogP contribution in [0.3, 0.4) is 0 Å². The summed E-state index contributed by atoms with van der Waals surface area (Å²) in [4.78, 5) is 9.36. The highest BCUT2D eigenvalue weighted by Gasteiger charge is 2.21. The van der Waals surface area contributed by atoms with Gasteiger partial charge in [0.25, 0.3) is 0 Å². The Hall–Kier alpha value is -1.79. The Morgan fingerprint density at radius 3 is 2.62 bits per heavy atom. The molecular weight excluding hydrogens is 326 g/mol. The second-order valence-electron chi connectivity index (χ2n) is 7.18. The van der Waals surface area contributed by atoms with Crippen LogP contribution in [-0.4, -0.2) is 75.9 Å². The van der Waals surface area contributed by atoms with Gasteiger partial charge in [0.15, 0.2) is 5.96 Å².